The normalized spacial score (nSPS) is 8.30. The maximum absolute atomic E-state index is 3.81. The summed E-state index contributed by atoms with van der Waals surface area (Å²) < 4.78 is 0. The van der Waals surface area contributed by atoms with Crippen LogP contribution in [0, 0.1) is 0 Å². The monoisotopic (exact) mass is 159 g/mol. The van der Waals surface area contributed by atoms with Crippen LogP contribution in [0.15, 0.2) is 5.51 Å². The van der Waals surface area contributed by atoms with E-state index in [4.69, 9.17) is 0 Å². The van der Waals surface area contributed by atoms with Crippen LogP contribution in [0.2, 0.25) is 0 Å². The summed E-state index contributed by atoms with van der Waals surface area (Å²) in [5, 5.41) is 11.5. The minimum Gasteiger partial charge on any atom is -0.313 e. The van der Waals surface area contributed by atoms with E-state index in [1.807, 2.05) is 20.9 Å². The Morgan fingerprint density at radius 2 is 2.30 bits per heavy atom. The van der Waals surface area contributed by atoms with Crippen LogP contribution in [0.25, 0.3) is 0 Å². The fourth-order valence-electron chi connectivity index (χ4n) is 0.424. The first kappa shape index (κ1) is 9.52. The predicted molar refractivity (Wildman–Crippen MR) is 44.0 cm³/mol. The Labute approximate surface area is 65.5 Å². The zero-order chi connectivity index (χ0) is 7.82. The van der Waals surface area contributed by atoms with Gasteiger partial charge in [-0.25, -0.2) is 0 Å². The van der Waals surface area contributed by atoms with E-state index < -0.39 is 0 Å². The minimum atomic E-state index is 0.824. The highest BCUT2D eigenvalue weighted by Crippen LogP contribution is 1.98. The third kappa shape index (κ3) is 3.53. The van der Waals surface area contributed by atoms with Crippen molar-refractivity contribution in [3.63, 3.8) is 0 Å². The molecule has 1 N–H and O–H groups in total. The van der Waals surface area contributed by atoms with E-state index in [1.54, 1.807) is 16.8 Å². The summed E-state index contributed by atoms with van der Waals surface area (Å²) in [6.07, 6.45) is 0. The summed E-state index contributed by atoms with van der Waals surface area (Å²) >= 11 is 1.56. The molecule has 4 heteroatoms. The zero-order valence-electron chi connectivity index (χ0n) is 6.59. The van der Waals surface area contributed by atoms with Gasteiger partial charge in [0, 0.05) is 6.54 Å². The van der Waals surface area contributed by atoms with Gasteiger partial charge in [-0.3, -0.25) is 0 Å². The molecule has 0 fully saturated rings. The topological polar surface area (TPSA) is 37.8 Å². The standard InChI is InChI=1S/C4H7N3S.C2H6/c1-5-2-4-7-6-3-8-4;1-2/h3,5H,2H2,1H3;1-2H3. The molecule has 1 aromatic rings. The third-order valence-electron chi connectivity index (χ3n) is 0.733. The number of aromatic nitrogens is 2. The molecule has 0 aliphatic carbocycles. The van der Waals surface area contributed by atoms with Crippen LogP contribution in [0.1, 0.15) is 18.9 Å². The first-order valence-electron chi connectivity index (χ1n) is 3.33. The van der Waals surface area contributed by atoms with Crippen LogP contribution in [0.5, 0.6) is 0 Å². The van der Waals surface area contributed by atoms with Crippen LogP contribution in [0.3, 0.4) is 0 Å². The average molecular weight is 159 g/mol. The highest BCUT2D eigenvalue weighted by molar-refractivity contribution is 7.09. The van der Waals surface area contributed by atoms with E-state index >= 15 is 0 Å². The van der Waals surface area contributed by atoms with E-state index in [2.05, 4.69) is 15.5 Å². The molecular formula is C6H13N3S. The molecule has 0 aromatic carbocycles. The first-order chi connectivity index (χ1) is 4.93. The molecule has 0 amide bonds. The predicted octanol–water partition coefficient (Wildman–Crippen LogP) is 1.28. The van der Waals surface area contributed by atoms with Gasteiger partial charge in [-0.2, -0.15) is 0 Å². The minimum absolute atomic E-state index is 0.824. The number of nitrogens with one attached hydrogen (secondary N) is 1. The molecule has 0 unspecified atom stereocenters. The quantitative estimate of drug-likeness (QED) is 0.706. The summed E-state index contributed by atoms with van der Waals surface area (Å²) in [4.78, 5) is 0. The molecule has 3 nitrogen and oxygen atoms in total. The van der Waals surface area contributed by atoms with Gasteiger partial charge in [-0.15, -0.1) is 21.5 Å². The molecule has 0 bridgehead atoms. The Morgan fingerprint density at radius 1 is 1.60 bits per heavy atom. The second kappa shape index (κ2) is 6.64. The summed E-state index contributed by atoms with van der Waals surface area (Å²) in [7, 11) is 1.89. The molecule has 0 radical (unpaired) electrons. The van der Waals surface area contributed by atoms with Crippen LogP contribution in [0.4, 0.5) is 0 Å². The van der Waals surface area contributed by atoms with Crippen LogP contribution in [-0.4, -0.2) is 17.2 Å². The number of rotatable bonds is 2. The van der Waals surface area contributed by atoms with Gasteiger partial charge in [0.1, 0.15) is 10.5 Å². The highest BCUT2D eigenvalue weighted by Gasteiger charge is 1.89. The van der Waals surface area contributed by atoms with Gasteiger partial charge in [-0.05, 0) is 7.05 Å². The molecule has 58 valence electrons. The first-order valence-corrected chi connectivity index (χ1v) is 4.21. The molecule has 0 aliphatic rings. The lowest BCUT2D eigenvalue weighted by atomic mass is 10.7. The van der Waals surface area contributed by atoms with Crippen molar-refractivity contribution < 1.29 is 0 Å². The van der Waals surface area contributed by atoms with E-state index in [0.29, 0.717) is 0 Å². The van der Waals surface area contributed by atoms with Crippen molar-refractivity contribution in [1.82, 2.24) is 15.5 Å². The van der Waals surface area contributed by atoms with Gasteiger partial charge < -0.3 is 5.32 Å². The lowest BCUT2D eigenvalue weighted by molar-refractivity contribution is 0.794. The van der Waals surface area contributed by atoms with E-state index in [9.17, 15) is 0 Å². The van der Waals surface area contributed by atoms with Gasteiger partial charge in [0.15, 0.2) is 0 Å². The van der Waals surface area contributed by atoms with Gasteiger partial charge >= 0.3 is 0 Å². The molecule has 1 rings (SSSR count). The van der Waals surface area contributed by atoms with Gasteiger partial charge in [0.2, 0.25) is 0 Å². The van der Waals surface area contributed by atoms with Crippen molar-refractivity contribution in [1.29, 1.82) is 0 Å². The SMILES string of the molecule is CC.CNCc1nncs1. The number of hydrogen-bond acceptors (Lipinski definition) is 4. The van der Waals surface area contributed by atoms with Crippen molar-refractivity contribution >= 4 is 11.3 Å². The summed E-state index contributed by atoms with van der Waals surface area (Å²) in [5.41, 5.74) is 1.73. The van der Waals surface area contributed by atoms with Crippen molar-refractivity contribution in [3.8, 4) is 0 Å². The van der Waals surface area contributed by atoms with Gasteiger partial charge in [0.05, 0.1) is 0 Å². The number of nitrogens with zero attached hydrogens (tertiary/aromatic N) is 2. The molecule has 0 saturated heterocycles. The summed E-state index contributed by atoms with van der Waals surface area (Å²) in [6.45, 7) is 4.82. The molecule has 0 atom stereocenters. The number of hydrogen-bond donors (Lipinski definition) is 1. The lowest BCUT2D eigenvalue weighted by Gasteiger charge is -1.86. The van der Waals surface area contributed by atoms with Crippen LogP contribution >= 0.6 is 11.3 Å². The van der Waals surface area contributed by atoms with Crippen LogP contribution < -0.4 is 5.32 Å². The lowest BCUT2D eigenvalue weighted by Crippen LogP contribution is -2.04. The Kier molecular flexibility index (Phi) is 6.32. The molecule has 10 heavy (non-hydrogen) atoms. The average Bonchev–Trinajstić information content (AvgIpc) is 2.46. The Bertz CT molecular complexity index is 139. The molecule has 0 saturated carbocycles. The summed E-state index contributed by atoms with van der Waals surface area (Å²) in [6, 6.07) is 0. The Morgan fingerprint density at radius 3 is 2.70 bits per heavy atom. The van der Waals surface area contributed by atoms with E-state index in [-0.39, 0.29) is 0 Å². The van der Waals surface area contributed by atoms with Crippen molar-refractivity contribution in [2.45, 2.75) is 20.4 Å². The second-order valence-electron chi connectivity index (χ2n) is 1.36. The van der Waals surface area contributed by atoms with Crippen molar-refractivity contribution in [2.75, 3.05) is 7.05 Å². The zero-order valence-corrected chi connectivity index (χ0v) is 7.40. The van der Waals surface area contributed by atoms with Gasteiger partial charge in [-0.1, -0.05) is 13.8 Å². The second-order valence-corrected chi connectivity index (χ2v) is 2.28. The highest BCUT2D eigenvalue weighted by atomic mass is 32.1. The maximum atomic E-state index is 3.81. The third-order valence-corrected chi connectivity index (χ3v) is 1.43. The largest absolute Gasteiger partial charge is 0.313 e. The smallest absolute Gasteiger partial charge is 0.131 e. The molecule has 0 aliphatic heterocycles. The molecule has 0 spiro atoms. The molecular weight excluding hydrogens is 146 g/mol. The summed E-state index contributed by atoms with van der Waals surface area (Å²) in [5.74, 6) is 0. The Hall–Kier alpha value is -0.480. The molecule has 1 aromatic heterocycles. The Balaban J connectivity index is 0.000000371. The van der Waals surface area contributed by atoms with E-state index in [0.717, 1.165) is 11.6 Å². The van der Waals surface area contributed by atoms with Crippen molar-refractivity contribution in [2.24, 2.45) is 0 Å². The molecule has 1 heterocycles. The van der Waals surface area contributed by atoms with Crippen molar-refractivity contribution in [3.05, 3.63) is 10.5 Å². The maximum Gasteiger partial charge on any atom is 0.131 e. The van der Waals surface area contributed by atoms with E-state index in [1.165, 1.54) is 0 Å². The van der Waals surface area contributed by atoms with Crippen LogP contribution in [-0.2, 0) is 6.54 Å². The van der Waals surface area contributed by atoms with Gasteiger partial charge in [0.25, 0.3) is 0 Å². The fraction of sp³-hybridized carbons (Fsp3) is 0.667. The fourth-order valence-corrected chi connectivity index (χ4v) is 0.962.